The molecule has 1 aromatic rings. The average Bonchev–Trinajstić information content (AvgIpc) is 2.52. The summed E-state index contributed by atoms with van der Waals surface area (Å²) in [5.41, 5.74) is 0.711. The monoisotopic (exact) mass is 305 g/mol. The summed E-state index contributed by atoms with van der Waals surface area (Å²) in [5, 5.41) is 9.78. The number of rotatable bonds is 10. The van der Waals surface area contributed by atoms with Gasteiger partial charge < -0.3 is 10.0 Å². The van der Waals surface area contributed by atoms with Gasteiger partial charge in [0.1, 0.15) is 0 Å². The molecule has 0 saturated carbocycles. The number of nitrogens with zero attached hydrogens (tertiary/aromatic N) is 1. The van der Waals surface area contributed by atoms with Crippen molar-refractivity contribution in [3.8, 4) is 0 Å². The van der Waals surface area contributed by atoms with Crippen LogP contribution in [0.2, 0.25) is 0 Å². The van der Waals surface area contributed by atoms with Crippen molar-refractivity contribution in [2.45, 2.75) is 52.9 Å². The first-order valence-electron chi connectivity index (χ1n) is 8.48. The van der Waals surface area contributed by atoms with Crippen LogP contribution in [-0.4, -0.2) is 35.6 Å². The van der Waals surface area contributed by atoms with Crippen molar-refractivity contribution in [1.82, 2.24) is 4.90 Å². The second-order valence-electron chi connectivity index (χ2n) is 6.32. The van der Waals surface area contributed by atoms with Gasteiger partial charge in [0, 0.05) is 0 Å². The summed E-state index contributed by atoms with van der Waals surface area (Å²) >= 11 is 0. The molecule has 1 N–H and O–H groups in total. The molecule has 0 spiro atoms. The summed E-state index contributed by atoms with van der Waals surface area (Å²) in [6.45, 7) is 11.7. The molecule has 1 rings (SSSR count). The summed E-state index contributed by atoms with van der Waals surface area (Å²) in [5.74, 6) is -1.14. The molecule has 1 aromatic carbocycles. The van der Waals surface area contributed by atoms with Crippen LogP contribution < -0.4 is 0 Å². The molecule has 0 heterocycles. The highest BCUT2D eigenvalue weighted by Gasteiger charge is 2.38. The fourth-order valence-electron chi connectivity index (χ4n) is 3.26. The molecule has 0 amide bonds. The lowest BCUT2D eigenvalue weighted by Gasteiger charge is -2.35. The van der Waals surface area contributed by atoms with E-state index in [0.29, 0.717) is 0 Å². The van der Waals surface area contributed by atoms with Gasteiger partial charge in [0.25, 0.3) is 0 Å². The zero-order valence-corrected chi connectivity index (χ0v) is 14.5. The van der Waals surface area contributed by atoms with E-state index < -0.39 is 11.9 Å². The van der Waals surface area contributed by atoms with Crippen LogP contribution in [0.1, 0.15) is 58.4 Å². The number of carboxylic acids is 1. The number of hydrogen-bond donors (Lipinski definition) is 1. The van der Waals surface area contributed by atoms with E-state index in [1.165, 1.54) is 0 Å². The molecule has 0 saturated heterocycles. The topological polar surface area (TPSA) is 40.5 Å². The van der Waals surface area contributed by atoms with Gasteiger partial charge in [-0.25, -0.2) is 0 Å². The third-order valence-electron chi connectivity index (χ3n) is 5.00. The molecule has 0 aromatic heterocycles. The van der Waals surface area contributed by atoms with Crippen LogP contribution in [0.15, 0.2) is 30.3 Å². The molecule has 3 nitrogen and oxygen atoms in total. The Bertz CT molecular complexity index is 442. The second kappa shape index (κ2) is 8.94. The van der Waals surface area contributed by atoms with Crippen LogP contribution in [0.25, 0.3) is 0 Å². The summed E-state index contributed by atoms with van der Waals surface area (Å²) < 4.78 is 0. The summed E-state index contributed by atoms with van der Waals surface area (Å²) in [6, 6.07) is 9.68. The third kappa shape index (κ3) is 4.84. The normalized spacial score (nSPS) is 15.5. The quantitative estimate of drug-likeness (QED) is 0.697. The Morgan fingerprint density at radius 2 is 1.77 bits per heavy atom. The fraction of sp³-hybridized carbons (Fsp3) is 0.632. The van der Waals surface area contributed by atoms with Gasteiger partial charge in [-0.05, 0) is 49.9 Å². The fourth-order valence-corrected chi connectivity index (χ4v) is 3.26. The average molecular weight is 305 g/mol. The van der Waals surface area contributed by atoms with E-state index >= 15 is 0 Å². The third-order valence-corrected chi connectivity index (χ3v) is 5.00. The van der Waals surface area contributed by atoms with E-state index in [-0.39, 0.29) is 5.41 Å². The highest BCUT2D eigenvalue weighted by atomic mass is 16.4. The predicted octanol–water partition coefficient (Wildman–Crippen LogP) is 4.39. The summed E-state index contributed by atoms with van der Waals surface area (Å²) in [6.07, 6.45) is 2.85. The van der Waals surface area contributed by atoms with Gasteiger partial charge in [-0.3, -0.25) is 4.79 Å². The van der Waals surface area contributed by atoms with Crippen LogP contribution in [0, 0.1) is 5.41 Å². The van der Waals surface area contributed by atoms with Gasteiger partial charge in [0.15, 0.2) is 0 Å². The molecular weight excluding hydrogens is 274 g/mol. The van der Waals surface area contributed by atoms with Crippen molar-refractivity contribution in [3.63, 3.8) is 0 Å². The first kappa shape index (κ1) is 18.7. The maximum absolute atomic E-state index is 11.9. The predicted molar refractivity (Wildman–Crippen MR) is 92.2 cm³/mol. The van der Waals surface area contributed by atoms with E-state index in [1.54, 1.807) is 0 Å². The summed E-state index contributed by atoms with van der Waals surface area (Å²) in [4.78, 5) is 14.3. The SMILES string of the molecule is CCN(CC)CCCC(C)(CC)C(C(=O)O)c1ccccc1. The van der Waals surface area contributed by atoms with Gasteiger partial charge in [-0.15, -0.1) is 0 Å². The lowest BCUT2D eigenvalue weighted by atomic mass is 9.69. The Balaban J connectivity index is 2.86. The Labute approximate surface area is 135 Å². The minimum Gasteiger partial charge on any atom is -0.481 e. The maximum atomic E-state index is 11.9. The van der Waals surface area contributed by atoms with E-state index in [0.717, 1.165) is 44.5 Å². The molecule has 3 heteroatoms. The molecule has 124 valence electrons. The number of carboxylic acid groups (broad SMARTS) is 1. The maximum Gasteiger partial charge on any atom is 0.311 e. The number of carbonyl (C=O) groups is 1. The molecule has 0 aliphatic heterocycles. The molecule has 22 heavy (non-hydrogen) atoms. The Morgan fingerprint density at radius 1 is 1.18 bits per heavy atom. The molecule has 0 aliphatic rings. The minimum atomic E-state index is -0.710. The van der Waals surface area contributed by atoms with Crippen molar-refractivity contribution >= 4 is 5.97 Å². The van der Waals surface area contributed by atoms with Crippen molar-refractivity contribution in [2.24, 2.45) is 5.41 Å². The van der Waals surface area contributed by atoms with E-state index in [1.807, 2.05) is 30.3 Å². The Kier molecular flexibility index (Phi) is 7.60. The first-order chi connectivity index (χ1) is 10.5. The van der Waals surface area contributed by atoms with E-state index in [4.69, 9.17) is 0 Å². The van der Waals surface area contributed by atoms with Crippen LogP contribution in [-0.2, 0) is 4.79 Å². The number of aliphatic carboxylic acids is 1. The molecule has 0 radical (unpaired) electrons. The van der Waals surface area contributed by atoms with Gasteiger partial charge in [-0.2, -0.15) is 0 Å². The van der Waals surface area contributed by atoms with Crippen molar-refractivity contribution in [2.75, 3.05) is 19.6 Å². The highest BCUT2D eigenvalue weighted by molar-refractivity contribution is 5.77. The van der Waals surface area contributed by atoms with Gasteiger partial charge in [-0.1, -0.05) is 58.0 Å². The van der Waals surface area contributed by atoms with Crippen LogP contribution >= 0.6 is 0 Å². The van der Waals surface area contributed by atoms with Gasteiger partial charge in [0.2, 0.25) is 0 Å². The zero-order chi connectivity index (χ0) is 16.6. The Morgan fingerprint density at radius 3 is 2.23 bits per heavy atom. The molecule has 0 aliphatic carbocycles. The Hall–Kier alpha value is -1.35. The highest BCUT2D eigenvalue weighted by Crippen LogP contribution is 2.42. The van der Waals surface area contributed by atoms with Crippen molar-refractivity contribution in [3.05, 3.63) is 35.9 Å². The van der Waals surface area contributed by atoms with Gasteiger partial charge >= 0.3 is 5.97 Å². The lowest BCUT2D eigenvalue weighted by molar-refractivity contribution is -0.142. The van der Waals surface area contributed by atoms with Gasteiger partial charge in [0.05, 0.1) is 5.92 Å². The molecule has 0 fully saturated rings. The van der Waals surface area contributed by atoms with E-state index in [2.05, 4.69) is 32.6 Å². The smallest absolute Gasteiger partial charge is 0.311 e. The van der Waals surface area contributed by atoms with Crippen molar-refractivity contribution in [1.29, 1.82) is 0 Å². The standard InChI is InChI=1S/C19H31NO2/c1-5-19(4,14-11-15-20(6-2)7-3)17(18(21)22)16-12-9-8-10-13-16/h8-10,12-13,17H,5-7,11,14-15H2,1-4H3,(H,21,22). The number of benzene rings is 1. The lowest BCUT2D eigenvalue weighted by Crippen LogP contribution is -2.33. The molecular formula is C19H31NO2. The van der Waals surface area contributed by atoms with Crippen LogP contribution in [0.3, 0.4) is 0 Å². The first-order valence-corrected chi connectivity index (χ1v) is 8.48. The molecule has 2 atom stereocenters. The van der Waals surface area contributed by atoms with Crippen LogP contribution in [0.4, 0.5) is 0 Å². The van der Waals surface area contributed by atoms with Crippen LogP contribution in [0.5, 0.6) is 0 Å². The summed E-state index contributed by atoms with van der Waals surface area (Å²) in [7, 11) is 0. The number of hydrogen-bond acceptors (Lipinski definition) is 2. The molecule has 2 unspecified atom stereocenters. The second-order valence-corrected chi connectivity index (χ2v) is 6.32. The van der Waals surface area contributed by atoms with Crippen molar-refractivity contribution < 1.29 is 9.90 Å². The van der Waals surface area contributed by atoms with E-state index in [9.17, 15) is 9.90 Å². The molecule has 0 bridgehead atoms. The minimum absolute atomic E-state index is 0.208. The zero-order valence-electron chi connectivity index (χ0n) is 14.5. The largest absolute Gasteiger partial charge is 0.481 e.